The molecule has 1 aromatic carbocycles. The highest BCUT2D eigenvalue weighted by atomic mass is 35.5. The highest BCUT2D eigenvalue weighted by Crippen LogP contribution is 2.25. The summed E-state index contributed by atoms with van der Waals surface area (Å²) in [7, 11) is 0. The fourth-order valence-corrected chi connectivity index (χ4v) is 2.31. The summed E-state index contributed by atoms with van der Waals surface area (Å²) >= 11 is 11.7. The molecule has 0 atom stereocenters. The second kappa shape index (κ2) is 9.70. The highest BCUT2D eigenvalue weighted by Gasteiger charge is 2.11. The third-order valence-corrected chi connectivity index (χ3v) is 4.03. The molecule has 0 saturated heterocycles. The molecule has 0 bridgehead atoms. The van der Waals surface area contributed by atoms with Crippen LogP contribution in [0.1, 0.15) is 39.5 Å². The highest BCUT2D eigenvalue weighted by molar-refractivity contribution is 6.42. The first kappa shape index (κ1) is 18.8. The van der Waals surface area contributed by atoms with Gasteiger partial charge in [-0.2, -0.15) is 0 Å². The Bertz CT molecular complexity index is 521. The summed E-state index contributed by atoms with van der Waals surface area (Å²) in [5.41, 5.74) is 0.597. The average Bonchev–Trinajstić information content (AvgIpc) is 2.46. The van der Waals surface area contributed by atoms with Gasteiger partial charge in [-0.05, 0) is 24.6 Å². The van der Waals surface area contributed by atoms with E-state index in [0.717, 1.165) is 19.3 Å². The van der Waals surface area contributed by atoms with E-state index in [1.165, 1.54) is 6.92 Å². The molecule has 0 radical (unpaired) electrons. The number of hydrogen-bond donors (Lipinski definition) is 1. The van der Waals surface area contributed by atoms with Gasteiger partial charge in [0.05, 0.1) is 10.0 Å². The molecule has 6 heteroatoms. The first-order chi connectivity index (χ1) is 10.4. The third-order valence-electron chi connectivity index (χ3n) is 3.29. The van der Waals surface area contributed by atoms with E-state index >= 15 is 0 Å². The van der Waals surface area contributed by atoms with Crippen LogP contribution in [-0.4, -0.2) is 29.8 Å². The van der Waals surface area contributed by atoms with E-state index in [1.807, 2.05) is 0 Å². The first-order valence-electron chi connectivity index (χ1n) is 7.44. The predicted molar refractivity (Wildman–Crippen MR) is 91.5 cm³/mol. The minimum absolute atomic E-state index is 0.00144. The monoisotopic (exact) mass is 344 g/mol. The number of nitrogens with one attached hydrogen (secondary N) is 1. The minimum atomic E-state index is -0.153. The van der Waals surface area contributed by atoms with Gasteiger partial charge in [0.1, 0.15) is 0 Å². The summed E-state index contributed by atoms with van der Waals surface area (Å²) in [6.45, 7) is 4.76. The summed E-state index contributed by atoms with van der Waals surface area (Å²) in [4.78, 5) is 25.2. The molecule has 0 aliphatic heterocycles. The number of unbranched alkanes of at least 4 members (excludes halogenated alkanes) is 2. The van der Waals surface area contributed by atoms with Crippen LogP contribution in [0.2, 0.25) is 10.0 Å². The van der Waals surface area contributed by atoms with E-state index < -0.39 is 0 Å². The number of nitrogens with zero attached hydrogens (tertiary/aromatic N) is 1. The quantitative estimate of drug-likeness (QED) is 0.712. The summed E-state index contributed by atoms with van der Waals surface area (Å²) in [5, 5.41) is 3.59. The van der Waals surface area contributed by atoms with Crippen LogP contribution in [-0.2, 0) is 9.59 Å². The Morgan fingerprint density at radius 3 is 2.45 bits per heavy atom. The summed E-state index contributed by atoms with van der Waals surface area (Å²) in [6.07, 6.45) is 3.40. The molecule has 122 valence electrons. The molecule has 0 heterocycles. The lowest BCUT2D eigenvalue weighted by Crippen LogP contribution is -2.32. The zero-order chi connectivity index (χ0) is 16.5. The first-order valence-corrected chi connectivity index (χ1v) is 8.20. The van der Waals surface area contributed by atoms with Crippen molar-refractivity contribution in [1.29, 1.82) is 0 Å². The molecule has 1 rings (SSSR count). The van der Waals surface area contributed by atoms with Crippen molar-refractivity contribution in [3.63, 3.8) is 0 Å². The van der Waals surface area contributed by atoms with Crippen molar-refractivity contribution in [3.05, 3.63) is 28.2 Å². The van der Waals surface area contributed by atoms with Gasteiger partial charge >= 0.3 is 0 Å². The molecular weight excluding hydrogens is 323 g/mol. The Hall–Kier alpha value is -1.26. The van der Waals surface area contributed by atoms with Crippen LogP contribution in [0.25, 0.3) is 0 Å². The maximum Gasteiger partial charge on any atom is 0.226 e. The van der Waals surface area contributed by atoms with E-state index in [1.54, 1.807) is 23.1 Å². The lowest BCUT2D eigenvalue weighted by molar-refractivity contribution is -0.129. The molecule has 1 aromatic rings. The van der Waals surface area contributed by atoms with Gasteiger partial charge in [0.2, 0.25) is 11.8 Å². The Morgan fingerprint density at radius 1 is 1.14 bits per heavy atom. The fraction of sp³-hybridized carbons (Fsp3) is 0.500. The van der Waals surface area contributed by atoms with Crippen LogP contribution in [0.3, 0.4) is 0 Å². The predicted octanol–water partition coefficient (Wildman–Crippen LogP) is 4.36. The third kappa shape index (κ3) is 6.67. The number of hydrogen-bond acceptors (Lipinski definition) is 2. The van der Waals surface area contributed by atoms with Crippen molar-refractivity contribution in [2.45, 2.75) is 39.5 Å². The van der Waals surface area contributed by atoms with E-state index in [0.29, 0.717) is 28.8 Å². The van der Waals surface area contributed by atoms with E-state index in [-0.39, 0.29) is 18.2 Å². The molecule has 0 unspecified atom stereocenters. The summed E-state index contributed by atoms with van der Waals surface area (Å²) < 4.78 is 0. The number of anilines is 1. The van der Waals surface area contributed by atoms with Crippen LogP contribution in [0.5, 0.6) is 0 Å². The molecule has 0 aliphatic carbocycles. The van der Waals surface area contributed by atoms with E-state index in [9.17, 15) is 9.59 Å². The summed E-state index contributed by atoms with van der Waals surface area (Å²) in [5.74, 6) is -0.154. The fourth-order valence-electron chi connectivity index (χ4n) is 2.01. The number of carbonyl (C=O) groups excluding carboxylic acids is 2. The van der Waals surface area contributed by atoms with Crippen molar-refractivity contribution >= 4 is 40.7 Å². The molecule has 1 N–H and O–H groups in total. The molecule has 2 amide bonds. The molecule has 0 fully saturated rings. The molecule has 0 saturated carbocycles. The number of amides is 2. The van der Waals surface area contributed by atoms with Crippen LogP contribution in [0, 0.1) is 0 Å². The van der Waals surface area contributed by atoms with Crippen molar-refractivity contribution < 1.29 is 9.59 Å². The van der Waals surface area contributed by atoms with Gasteiger partial charge in [0.15, 0.2) is 0 Å². The topological polar surface area (TPSA) is 49.4 Å². The van der Waals surface area contributed by atoms with E-state index in [2.05, 4.69) is 12.2 Å². The van der Waals surface area contributed by atoms with Gasteiger partial charge in [-0.1, -0.05) is 43.0 Å². The Labute approximate surface area is 141 Å². The second-order valence-electron chi connectivity index (χ2n) is 5.14. The molecule has 0 aromatic heterocycles. The van der Waals surface area contributed by atoms with Crippen molar-refractivity contribution in [1.82, 2.24) is 4.90 Å². The SMILES string of the molecule is CCCCCN(CCC(=O)Nc1ccc(Cl)c(Cl)c1)C(C)=O. The minimum Gasteiger partial charge on any atom is -0.342 e. The van der Waals surface area contributed by atoms with Gasteiger partial charge in [-0.15, -0.1) is 0 Å². The average molecular weight is 345 g/mol. The lowest BCUT2D eigenvalue weighted by atomic mass is 10.2. The summed E-state index contributed by atoms with van der Waals surface area (Å²) in [6, 6.07) is 4.92. The van der Waals surface area contributed by atoms with Gasteiger partial charge < -0.3 is 10.2 Å². The second-order valence-corrected chi connectivity index (χ2v) is 5.95. The van der Waals surface area contributed by atoms with Crippen LogP contribution >= 0.6 is 23.2 Å². The Morgan fingerprint density at radius 2 is 1.86 bits per heavy atom. The van der Waals surface area contributed by atoms with Crippen molar-refractivity contribution in [3.8, 4) is 0 Å². The number of benzene rings is 1. The van der Waals surface area contributed by atoms with E-state index in [4.69, 9.17) is 23.2 Å². The largest absolute Gasteiger partial charge is 0.342 e. The lowest BCUT2D eigenvalue weighted by Gasteiger charge is -2.20. The zero-order valence-corrected chi connectivity index (χ0v) is 14.5. The van der Waals surface area contributed by atoms with Gasteiger partial charge in [0.25, 0.3) is 0 Å². The molecule has 22 heavy (non-hydrogen) atoms. The molecule has 0 aliphatic rings. The number of carbonyl (C=O) groups is 2. The Kier molecular flexibility index (Phi) is 8.28. The van der Waals surface area contributed by atoms with Crippen LogP contribution < -0.4 is 5.32 Å². The van der Waals surface area contributed by atoms with Gasteiger partial charge in [-0.25, -0.2) is 0 Å². The maximum atomic E-state index is 11.9. The van der Waals surface area contributed by atoms with Gasteiger partial charge in [0, 0.05) is 32.1 Å². The van der Waals surface area contributed by atoms with Crippen molar-refractivity contribution in [2.24, 2.45) is 0 Å². The molecule has 0 spiro atoms. The van der Waals surface area contributed by atoms with Gasteiger partial charge in [-0.3, -0.25) is 9.59 Å². The molecular formula is C16H22Cl2N2O2. The van der Waals surface area contributed by atoms with Crippen molar-refractivity contribution in [2.75, 3.05) is 18.4 Å². The molecule has 4 nitrogen and oxygen atoms in total. The number of rotatable bonds is 8. The smallest absolute Gasteiger partial charge is 0.226 e. The van der Waals surface area contributed by atoms with Crippen LogP contribution in [0.15, 0.2) is 18.2 Å². The zero-order valence-electron chi connectivity index (χ0n) is 13.0. The standard InChI is InChI=1S/C16H22Cl2N2O2/c1-3-4-5-9-20(12(2)21)10-8-16(22)19-13-6-7-14(17)15(18)11-13/h6-7,11H,3-5,8-10H2,1-2H3,(H,19,22). The maximum absolute atomic E-state index is 11.9. The normalized spacial score (nSPS) is 10.4. The Balaban J connectivity index is 2.45. The van der Waals surface area contributed by atoms with Crippen LogP contribution in [0.4, 0.5) is 5.69 Å². The number of halogens is 2.